The molecular weight excluding hydrogens is 300 g/mol. The highest BCUT2D eigenvalue weighted by atomic mass is 16.4. The van der Waals surface area contributed by atoms with Crippen LogP contribution in [0.3, 0.4) is 0 Å². The molecule has 1 aromatic carbocycles. The van der Waals surface area contributed by atoms with Crippen LogP contribution in [0.4, 0.5) is 0 Å². The van der Waals surface area contributed by atoms with E-state index in [9.17, 15) is 9.90 Å². The SMILES string of the molecule is Cc1c(-c2ccccn2)n(C2CCCC2)c2ccc(C(=O)O)cc12. The summed E-state index contributed by atoms with van der Waals surface area (Å²) in [6.45, 7) is 2.07. The number of rotatable bonds is 3. The van der Waals surface area contributed by atoms with Crippen molar-refractivity contribution in [2.24, 2.45) is 0 Å². The fourth-order valence-corrected chi connectivity index (χ4v) is 3.97. The number of pyridine rings is 1. The second-order valence-corrected chi connectivity index (χ2v) is 6.53. The lowest BCUT2D eigenvalue weighted by Crippen LogP contribution is -2.07. The molecule has 0 radical (unpaired) electrons. The Morgan fingerprint density at radius 1 is 1.21 bits per heavy atom. The molecule has 3 aromatic rings. The van der Waals surface area contributed by atoms with E-state index in [2.05, 4.69) is 16.5 Å². The highest BCUT2D eigenvalue weighted by Crippen LogP contribution is 2.40. The third-order valence-corrected chi connectivity index (χ3v) is 5.10. The van der Waals surface area contributed by atoms with Gasteiger partial charge in [0, 0.05) is 23.1 Å². The van der Waals surface area contributed by atoms with Crippen molar-refractivity contribution in [3.8, 4) is 11.4 Å². The van der Waals surface area contributed by atoms with Crippen molar-refractivity contribution < 1.29 is 9.90 Å². The summed E-state index contributed by atoms with van der Waals surface area (Å²) in [5, 5.41) is 10.3. The van der Waals surface area contributed by atoms with E-state index in [1.165, 1.54) is 25.7 Å². The number of aromatic nitrogens is 2. The van der Waals surface area contributed by atoms with Crippen LogP contribution in [0, 0.1) is 6.92 Å². The Bertz CT molecular complexity index is 906. The maximum atomic E-state index is 11.4. The van der Waals surface area contributed by atoms with Crippen LogP contribution in [0.5, 0.6) is 0 Å². The predicted molar refractivity (Wildman–Crippen MR) is 94.4 cm³/mol. The van der Waals surface area contributed by atoms with E-state index in [4.69, 9.17) is 0 Å². The largest absolute Gasteiger partial charge is 0.478 e. The molecule has 2 heterocycles. The van der Waals surface area contributed by atoms with Crippen LogP contribution in [0.25, 0.3) is 22.3 Å². The van der Waals surface area contributed by atoms with Gasteiger partial charge in [0.15, 0.2) is 0 Å². The molecule has 1 saturated carbocycles. The van der Waals surface area contributed by atoms with Gasteiger partial charge in [-0.1, -0.05) is 18.9 Å². The minimum Gasteiger partial charge on any atom is -0.478 e. The van der Waals surface area contributed by atoms with Crippen molar-refractivity contribution in [3.05, 3.63) is 53.7 Å². The van der Waals surface area contributed by atoms with Gasteiger partial charge in [-0.25, -0.2) is 4.79 Å². The number of carboxylic acids is 1. The Balaban J connectivity index is 2.03. The molecule has 2 aromatic heterocycles. The molecule has 0 amide bonds. The number of carboxylic acid groups (broad SMARTS) is 1. The first-order valence-corrected chi connectivity index (χ1v) is 8.46. The van der Waals surface area contributed by atoms with Gasteiger partial charge in [0.25, 0.3) is 0 Å². The lowest BCUT2D eigenvalue weighted by molar-refractivity contribution is 0.0697. The molecule has 1 aliphatic carbocycles. The van der Waals surface area contributed by atoms with Gasteiger partial charge < -0.3 is 9.67 Å². The van der Waals surface area contributed by atoms with Gasteiger partial charge in [-0.2, -0.15) is 0 Å². The average molecular weight is 320 g/mol. The molecule has 4 nitrogen and oxygen atoms in total. The van der Waals surface area contributed by atoms with Crippen LogP contribution in [-0.4, -0.2) is 20.6 Å². The number of aryl methyl sites for hydroxylation is 1. The van der Waals surface area contributed by atoms with Crippen LogP contribution in [0.15, 0.2) is 42.6 Å². The molecule has 122 valence electrons. The number of hydrogen-bond acceptors (Lipinski definition) is 2. The molecular formula is C20H20N2O2. The Morgan fingerprint density at radius 3 is 2.67 bits per heavy atom. The number of fused-ring (bicyclic) bond motifs is 1. The Labute approximate surface area is 140 Å². The van der Waals surface area contributed by atoms with E-state index in [1.807, 2.05) is 30.5 Å². The molecule has 1 N–H and O–H groups in total. The summed E-state index contributed by atoms with van der Waals surface area (Å²) in [5.41, 5.74) is 4.64. The molecule has 0 aliphatic heterocycles. The van der Waals surface area contributed by atoms with E-state index in [0.717, 1.165) is 27.9 Å². The third-order valence-electron chi connectivity index (χ3n) is 5.10. The van der Waals surface area contributed by atoms with Crippen LogP contribution in [-0.2, 0) is 0 Å². The standard InChI is InChI=1S/C20H20N2O2/c1-13-16-12-14(20(23)24)9-10-18(16)22(15-6-2-3-7-15)19(13)17-8-4-5-11-21-17/h4-5,8-12,15H,2-3,6-7H2,1H3,(H,23,24). The first kappa shape index (κ1) is 14.9. The van der Waals surface area contributed by atoms with E-state index in [0.29, 0.717) is 11.6 Å². The van der Waals surface area contributed by atoms with Crippen molar-refractivity contribution in [2.45, 2.75) is 38.6 Å². The normalized spacial score (nSPS) is 15.2. The molecule has 0 atom stereocenters. The van der Waals surface area contributed by atoms with Gasteiger partial charge in [0.2, 0.25) is 0 Å². The Hall–Kier alpha value is -2.62. The van der Waals surface area contributed by atoms with Crippen molar-refractivity contribution >= 4 is 16.9 Å². The minimum atomic E-state index is -0.885. The molecule has 0 spiro atoms. The third kappa shape index (κ3) is 2.30. The van der Waals surface area contributed by atoms with Crippen LogP contribution in [0.2, 0.25) is 0 Å². The summed E-state index contributed by atoms with van der Waals surface area (Å²) in [5.74, 6) is -0.885. The topological polar surface area (TPSA) is 55.1 Å². The van der Waals surface area contributed by atoms with Crippen LogP contribution >= 0.6 is 0 Å². The zero-order chi connectivity index (χ0) is 16.7. The molecule has 1 aliphatic rings. The fourth-order valence-electron chi connectivity index (χ4n) is 3.97. The molecule has 4 heteroatoms. The van der Waals surface area contributed by atoms with Crippen LogP contribution in [0.1, 0.15) is 47.6 Å². The number of aromatic carboxylic acids is 1. The average Bonchev–Trinajstić information content (AvgIpc) is 3.22. The number of nitrogens with zero attached hydrogens (tertiary/aromatic N) is 2. The molecule has 1 fully saturated rings. The summed E-state index contributed by atoms with van der Waals surface area (Å²) in [4.78, 5) is 15.9. The monoisotopic (exact) mass is 320 g/mol. The Kier molecular flexibility index (Phi) is 3.60. The summed E-state index contributed by atoms with van der Waals surface area (Å²) in [7, 11) is 0. The van der Waals surface area contributed by atoms with Crippen molar-refractivity contribution in [3.63, 3.8) is 0 Å². The molecule has 0 saturated heterocycles. The van der Waals surface area contributed by atoms with E-state index in [1.54, 1.807) is 12.1 Å². The lowest BCUT2D eigenvalue weighted by Gasteiger charge is -2.18. The maximum absolute atomic E-state index is 11.4. The van der Waals surface area contributed by atoms with Gasteiger partial charge in [0.1, 0.15) is 0 Å². The number of benzene rings is 1. The quantitative estimate of drug-likeness (QED) is 0.752. The van der Waals surface area contributed by atoms with Gasteiger partial charge in [-0.05, 0) is 55.7 Å². The van der Waals surface area contributed by atoms with Gasteiger partial charge in [-0.3, -0.25) is 4.98 Å². The van der Waals surface area contributed by atoms with E-state index < -0.39 is 5.97 Å². The predicted octanol–water partition coefficient (Wildman–Crippen LogP) is 4.83. The zero-order valence-corrected chi connectivity index (χ0v) is 13.7. The van der Waals surface area contributed by atoms with E-state index >= 15 is 0 Å². The highest BCUT2D eigenvalue weighted by molar-refractivity contribution is 5.97. The molecule has 0 bridgehead atoms. The van der Waals surface area contributed by atoms with Crippen molar-refractivity contribution in [2.75, 3.05) is 0 Å². The van der Waals surface area contributed by atoms with Gasteiger partial charge in [-0.15, -0.1) is 0 Å². The zero-order valence-electron chi connectivity index (χ0n) is 13.7. The summed E-state index contributed by atoms with van der Waals surface area (Å²) >= 11 is 0. The highest BCUT2D eigenvalue weighted by Gasteiger charge is 2.25. The first-order valence-electron chi connectivity index (χ1n) is 8.46. The van der Waals surface area contributed by atoms with Crippen LogP contribution < -0.4 is 0 Å². The first-order chi connectivity index (χ1) is 11.7. The summed E-state index contributed by atoms with van der Waals surface area (Å²) in [6.07, 6.45) is 6.65. The summed E-state index contributed by atoms with van der Waals surface area (Å²) in [6, 6.07) is 11.9. The van der Waals surface area contributed by atoms with Crippen molar-refractivity contribution in [1.29, 1.82) is 0 Å². The number of carbonyl (C=O) groups is 1. The maximum Gasteiger partial charge on any atom is 0.335 e. The van der Waals surface area contributed by atoms with Gasteiger partial charge in [0.05, 0.1) is 17.0 Å². The molecule has 0 unspecified atom stereocenters. The van der Waals surface area contributed by atoms with Crippen molar-refractivity contribution in [1.82, 2.24) is 9.55 Å². The second-order valence-electron chi connectivity index (χ2n) is 6.53. The summed E-state index contributed by atoms with van der Waals surface area (Å²) < 4.78 is 2.39. The van der Waals surface area contributed by atoms with Gasteiger partial charge >= 0.3 is 5.97 Å². The second kappa shape index (κ2) is 5.78. The fraction of sp³-hybridized carbons (Fsp3) is 0.300. The Morgan fingerprint density at radius 2 is 2.00 bits per heavy atom. The smallest absolute Gasteiger partial charge is 0.335 e. The van der Waals surface area contributed by atoms with E-state index in [-0.39, 0.29) is 0 Å². The lowest BCUT2D eigenvalue weighted by atomic mass is 10.1. The number of hydrogen-bond donors (Lipinski definition) is 1. The molecule has 24 heavy (non-hydrogen) atoms. The molecule has 4 rings (SSSR count). The minimum absolute atomic E-state index is 0.335.